The third-order valence-corrected chi connectivity index (χ3v) is 4.06. The molecule has 1 N–H and O–H groups in total. The van der Waals surface area contributed by atoms with Crippen molar-refractivity contribution in [2.45, 2.75) is 6.54 Å². The summed E-state index contributed by atoms with van der Waals surface area (Å²) in [5.74, 6) is -1.65. The third-order valence-electron chi connectivity index (χ3n) is 4.06. The van der Waals surface area contributed by atoms with E-state index in [1.807, 2.05) is 41.3 Å². The highest BCUT2D eigenvalue weighted by molar-refractivity contribution is 6.13. The molecule has 0 fully saturated rings. The molecule has 0 saturated carbocycles. The maximum Gasteiger partial charge on any atom is 0.316 e. The van der Waals surface area contributed by atoms with E-state index < -0.39 is 11.9 Å². The van der Waals surface area contributed by atoms with Crippen LogP contribution in [0.4, 0.5) is 5.69 Å². The lowest BCUT2D eigenvalue weighted by molar-refractivity contribution is -0.139. The van der Waals surface area contributed by atoms with Gasteiger partial charge in [0.15, 0.2) is 5.78 Å². The lowest BCUT2D eigenvalue weighted by Crippen LogP contribution is -2.42. The van der Waals surface area contributed by atoms with E-state index in [0.29, 0.717) is 12.1 Å². The van der Waals surface area contributed by atoms with E-state index in [-0.39, 0.29) is 12.3 Å². The van der Waals surface area contributed by atoms with Gasteiger partial charge >= 0.3 is 5.97 Å². The molecule has 1 atom stereocenters. The minimum Gasteiger partial charge on any atom is -0.497 e. The Balaban J connectivity index is 1.92. The molecule has 0 aliphatic carbocycles. The van der Waals surface area contributed by atoms with Crippen molar-refractivity contribution >= 4 is 17.4 Å². The molecule has 118 valence electrons. The molecule has 1 unspecified atom stereocenters. The number of para-hydroxylation sites is 1. The SMILES string of the molecule is COc1ccc(CN2CC(C(=O)O)C(=O)c3ccccc32)cc1. The van der Waals surface area contributed by atoms with Crippen molar-refractivity contribution in [2.24, 2.45) is 5.92 Å². The standard InChI is InChI=1S/C18H17NO4/c1-23-13-8-6-12(7-9-13)10-19-11-15(18(21)22)17(20)14-4-2-3-5-16(14)19/h2-9,15H,10-11H2,1H3,(H,21,22). The number of hydrogen-bond donors (Lipinski definition) is 1. The molecular formula is C18H17NO4. The zero-order valence-corrected chi connectivity index (χ0v) is 12.7. The number of ketones is 1. The number of carbonyl (C=O) groups excluding carboxylic acids is 1. The van der Waals surface area contributed by atoms with Crippen LogP contribution in [0.3, 0.4) is 0 Å². The fraction of sp³-hybridized carbons (Fsp3) is 0.222. The number of anilines is 1. The van der Waals surface area contributed by atoms with Gasteiger partial charge in [0, 0.05) is 24.3 Å². The fourth-order valence-corrected chi connectivity index (χ4v) is 2.84. The van der Waals surface area contributed by atoms with Crippen molar-refractivity contribution in [1.29, 1.82) is 0 Å². The topological polar surface area (TPSA) is 66.8 Å². The average molecular weight is 311 g/mol. The van der Waals surface area contributed by atoms with Crippen LogP contribution in [0.15, 0.2) is 48.5 Å². The Morgan fingerprint density at radius 2 is 1.91 bits per heavy atom. The number of carboxylic acids is 1. The van der Waals surface area contributed by atoms with Gasteiger partial charge in [-0.1, -0.05) is 24.3 Å². The Kier molecular flexibility index (Phi) is 4.02. The van der Waals surface area contributed by atoms with Gasteiger partial charge in [0.25, 0.3) is 0 Å². The second-order valence-electron chi connectivity index (χ2n) is 5.50. The Morgan fingerprint density at radius 3 is 2.57 bits per heavy atom. The normalized spacial score (nSPS) is 16.8. The van der Waals surface area contributed by atoms with Crippen LogP contribution in [-0.4, -0.2) is 30.5 Å². The van der Waals surface area contributed by atoms with Gasteiger partial charge in [-0.05, 0) is 29.8 Å². The number of ether oxygens (including phenoxy) is 1. The van der Waals surface area contributed by atoms with E-state index in [1.54, 1.807) is 19.2 Å². The van der Waals surface area contributed by atoms with Crippen molar-refractivity contribution in [2.75, 3.05) is 18.6 Å². The molecule has 0 saturated heterocycles. The molecule has 1 aliphatic rings. The van der Waals surface area contributed by atoms with E-state index >= 15 is 0 Å². The van der Waals surface area contributed by atoms with Crippen LogP contribution >= 0.6 is 0 Å². The largest absolute Gasteiger partial charge is 0.497 e. The molecule has 0 aromatic heterocycles. The first-order valence-corrected chi connectivity index (χ1v) is 7.34. The van der Waals surface area contributed by atoms with Crippen molar-refractivity contribution in [3.63, 3.8) is 0 Å². The lowest BCUT2D eigenvalue weighted by Gasteiger charge is -2.33. The molecular weight excluding hydrogens is 294 g/mol. The van der Waals surface area contributed by atoms with E-state index in [2.05, 4.69) is 0 Å². The van der Waals surface area contributed by atoms with E-state index in [4.69, 9.17) is 4.74 Å². The van der Waals surface area contributed by atoms with Crippen LogP contribution in [0, 0.1) is 5.92 Å². The zero-order chi connectivity index (χ0) is 16.4. The first kappa shape index (κ1) is 15.1. The van der Waals surface area contributed by atoms with Gasteiger partial charge in [-0.25, -0.2) is 0 Å². The van der Waals surface area contributed by atoms with Gasteiger partial charge in [-0.2, -0.15) is 0 Å². The fourth-order valence-electron chi connectivity index (χ4n) is 2.84. The van der Waals surface area contributed by atoms with E-state index in [9.17, 15) is 14.7 Å². The summed E-state index contributed by atoms with van der Waals surface area (Å²) in [6.07, 6.45) is 0. The number of aliphatic carboxylic acids is 1. The number of hydrogen-bond acceptors (Lipinski definition) is 4. The maximum atomic E-state index is 12.3. The van der Waals surface area contributed by atoms with Crippen LogP contribution < -0.4 is 9.64 Å². The van der Waals surface area contributed by atoms with Crippen LogP contribution in [-0.2, 0) is 11.3 Å². The van der Waals surface area contributed by atoms with Gasteiger partial charge in [-0.15, -0.1) is 0 Å². The number of methoxy groups -OCH3 is 1. The first-order valence-electron chi connectivity index (χ1n) is 7.34. The number of carboxylic acid groups (broad SMARTS) is 1. The quantitative estimate of drug-likeness (QED) is 0.879. The van der Waals surface area contributed by atoms with Gasteiger partial charge in [-0.3, -0.25) is 9.59 Å². The van der Waals surface area contributed by atoms with Gasteiger partial charge in [0.05, 0.1) is 7.11 Å². The van der Waals surface area contributed by atoms with E-state index in [1.165, 1.54) is 0 Å². The number of Topliss-reactive ketones (excluding diaryl/α,β-unsaturated/α-hetero) is 1. The van der Waals surface area contributed by atoms with Crippen LogP contribution in [0.1, 0.15) is 15.9 Å². The smallest absolute Gasteiger partial charge is 0.316 e. The highest BCUT2D eigenvalue weighted by atomic mass is 16.5. The molecule has 2 aromatic rings. The molecule has 3 rings (SSSR count). The summed E-state index contributed by atoms with van der Waals surface area (Å²) in [4.78, 5) is 25.6. The molecule has 0 spiro atoms. The number of benzene rings is 2. The Morgan fingerprint density at radius 1 is 1.22 bits per heavy atom. The number of carbonyl (C=O) groups is 2. The molecule has 1 heterocycles. The summed E-state index contributed by atoms with van der Waals surface area (Å²) >= 11 is 0. The summed E-state index contributed by atoms with van der Waals surface area (Å²) in [6.45, 7) is 0.718. The summed E-state index contributed by atoms with van der Waals surface area (Å²) in [7, 11) is 1.61. The predicted octanol–water partition coefficient (Wildman–Crippen LogP) is 2.60. The Bertz CT molecular complexity index is 739. The van der Waals surface area contributed by atoms with Crippen LogP contribution in [0.2, 0.25) is 0 Å². The summed E-state index contributed by atoms with van der Waals surface area (Å²) in [6, 6.07) is 14.8. The zero-order valence-electron chi connectivity index (χ0n) is 12.7. The third kappa shape index (κ3) is 2.90. The summed E-state index contributed by atoms with van der Waals surface area (Å²) < 4.78 is 5.14. The minimum atomic E-state index is -1.08. The Hall–Kier alpha value is -2.82. The number of nitrogens with zero attached hydrogens (tertiary/aromatic N) is 1. The highest BCUT2D eigenvalue weighted by Gasteiger charge is 2.36. The highest BCUT2D eigenvalue weighted by Crippen LogP contribution is 2.31. The van der Waals surface area contributed by atoms with Crippen molar-refractivity contribution in [3.8, 4) is 5.75 Å². The molecule has 2 aromatic carbocycles. The average Bonchev–Trinajstić information content (AvgIpc) is 2.58. The van der Waals surface area contributed by atoms with Gasteiger partial charge in [0.2, 0.25) is 0 Å². The molecule has 1 aliphatic heterocycles. The maximum absolute atomic E-state index is 12.3. The Labute approximate surface area is 134 Å². The molecule has 23 heavy (non-hydrogen) atoms. The van der Waals surface area contributed by atoms with Crippen molar-refractivity contribution in [1.82, 2.24) is 0 Å². The van der Waals surface area contributed by atoms with Gasteiger partial charge < -0.3 is 14.7 Å². The number of rotatable bonds is 4. The molecule has 5 heteroatoms. The van der Waals surface area contributed by atoms with Crippen LogP contribution in [0.25, 0.3) is 0 Å². The second-order valence-corrected chi connectivity index (χ2v) is 5.50. The second kappa shape index (κ2) is 6.12. The monoisotopic (exact) mass is 311 g/mol. The van der Waals surface area contributed by atoms with Gasteiger partial charge in [0.1, 0.15) is 11.7 Å². The lowest BCUT2D eigenvalue weighted by atomic mass is 9.90. The molecule has 0 bridgehead atoms. The first-order chi connectivity index (χ1) is 11.1. The molecule has 5 nitrogen and oxygen atoms in total. The predicted molar refractivity (Wildman–Crippen MR) is 85.9 cm³/mol. The molecule has 0 radical (unpaired) electrons. The van der Waals surface area contributed by atoms with Crippen molar-refractivity contribution < 1.29 is 19.4 Å². The van der Waals surface area contributed by atoms with Crippen LogP contribution in [0.5, 0.6) is 5.75 Å². The molecule has 0 amide bonds. The van der Waals surface area contributed by atoms with E-state index in [0.717, 1.165) is 17.0 Å². The summed E-state index contributed by atoms with van der Waals surface area (Å²) in [5.41, 5.74) is 2.28. The minimum absolute atomic E-state index is 0.178. The van der Waals surface area contributed by atoms with Crippen molar-refractivity contribution in [3.05, 3.63) is 59.7 Å². The number of fused-ring (bicyclic) bond motifs is 1. The summed E-state index contributed by atoms with van der Waals surface area (Å²) in [5, 5.41) is 9.32.